The van der Waals surface area contributed by atoms with Gasteiger partial charge in [-0.05, 0) is 34.8 Å². The molecule has 0 unspecified atom stereocenters. The highest BCUT2D eigenvalue weighted by Gasteiger charge is 2.22. The Morgan fingerprint density at radius 3 is 2.71 bits per heavy atom. The van der Waals surface area contributed by atoms with Crippen LogP contribution in [0.2, 0.25) is 0 Å². The molecule has 5 nitrogen and oxygen atoms in total. The van der Waals surface area contributed by atoms with Crippen LogP contribution >= 0.6 is 27.7 Å². The van der Waals surface area contributed by atoms with Crippen molar-refractivity contribution in [1.82, 2.24) is 9.71 Å². The largest absolute Gasteiger partial charge is 0.330 e. The number of nitrogens with zero attached hydrogens (tertiary/aromatic N) is 1. The molecule has 118 valence electrons. The van der Waals surface area contributed by atoms with Crippen LogP contribution in [0.25, 0.3) is 0 Å². The van der Waals surface area contributed by atoms with E-state index in [4.69, 9.17) is 5.73 Å². The molecule has 0 radical (unpaired) electrons. The zero-order valence-electron chi connectivity index (χ0n) is 11.7. The van der Waals surface area contributed by atoms with Crippen LogP contribution in [0.3, 0.4) is 0 Å². The van der Waals surface area contributed by atoms with Gasteiger partial charge in [0, 0.05) is 24.5 Å². The lowest BCUT2D eigenvalue weighted by Gasteiger charge is -2.22. The van der Waals surface area contributed by atoms with Crippen LogP contribution in [-0.4, -0.2) is 31.7 Å². The minimum atomic E-state index is -3.50. The highest BCUT2D eigenvalue weighted by atomic mass is 79.9. The third kappa shape index (κ3) is 4.92. The van der Waals surface area contributed by atoms with Gasteiger partial charge in [0.2, 0.25) is 10.0 Å². The second-order valence-corrected chi connectivity index (χ2v) is 8.70. The molecule has 0 atom stereocenters. The van der Waals surface area contributed by atoms with Crippen LogP contribution in [0.5, 0.6) is 0 Å². The molecule has 21 heavy (non-hydrogen) atoms. The lowest BCUT2D eigenvalue weighted by molar-refractivity contribution is 0.412. The van der Waals surface area contributed by atoms with E-state index >= 15 is 0 Å². The first kappa shape index (κ1) is 17.2. The molecular weight excluding hydrogens is 374 g/mol. The van der Waals surface area contributed by atoms with Gasteiger partial charge in [0.25, 0.3) is 0 Å². The SMILES string of the molecule is NCCSc1ncc(S(=O)(=O)NC2CCCCC2)cc1Br. The van der Waals surface area contributed by atoms with Crippen molar-refractivity contribution in [1.29, 1.82) is 0 Å². The maximum Gasteiger partial charge on any atom is 0.242 e. The third-order valence-electron chi connectivity index (χ3n) is 3.38. The van der Waals surface area contributed by atoms with E-state index in [9.17, 15) is 8.42 Å². The number of pyridine rings is 1. The average Bonchev–Trinajstić information content (AvgIpc) is 2.46. The molecule has 1 aromatic heterocycles. The second kappa shape index (κ2) is 7.92. The molecule has 1 aromatic rings. The van der Waals surface area contributed by atoms with Gasteiger partial charge in [0.1, 0.15) is 9.92 Å². The van der Waals surface area contributed by atoms with Crippen LogP contribution in [-0.2, 0) is 10.0 Å². The Balaban J connectivity index is 2.10. The van der Waals surface area contributed by atoms with Crippen molar-refractivity contribution >= 4 is 37.7 Å². The summed E-state index contributed by atoms with van der Waals surface area (Å²) in [6.07, 6.45) is 6.61. The van der Waals surface area contributed by atoms with Crippen molar-refractivity contribution < 1.29 is 8.42 Å². The molecule has 0 spiro atoms. The Labute approximate surface area is 138 Å². The summed E-state index contributed by atoms with van der Waals surface area (Å²) in [6.45, 7) is 0.558. The number of nitrogens with two attached hydrogens (primary N) is 1. The van der Waals surface area contributed by atoms with E-state index in [1.165, 1.54) is 24.4 Å². The maximum absolute atomic E-state index is 12.4. The van der Waals surface area contributed by atoms with Gasteiger partial charge in [-0.3, -0.25) is 0 Å². The maximum atomic E-state index is 12.4. The summed E-state index contributed by atoms with van der Waals surface area (Å²) in [7, 11) is -3.50. The third-order valence-corrected chi connectivity index (χ3v) is 6.77. The highest BCUT2D eigenvalue weighted by molar-refractivity contribution is 9.10. The molecule has 0 aromatic carbocycles. The molecule has 0 amide bonds. The van der Waals surface area contributed by atoms with Crippen LogP contribution in [0.15, 0.2) is 26.7 Å². The van der Waals surface area contributed by atoms with Crippen molar-refractivity contribution in [3.05, 3.63) is 16.7 Å². The molecule has 0 aliphatic heterocycles. The van der Waals surface area contributed by atoms with Gasteiger partial charge in [-0.2, -0.15) is 0 Å². The molecule has 2 rings (SSSR count). The van der Waals surface area contributed by atoms with E-state index in [1.54, 1.807) is 6.07 Å². The number of thioether (sulfide) groups is 1. The normalized spacial score (nSPS) is 17.0. The van der Waals surface area contributed by atoms with E-state index in [-0.39, 0.29) is 10.9 Å². The predicted octanol–water partition coefficient (Wildman–Crippen LogP) is 2.51. The summed E-state index contributed by atoms with van der Waals surface area (Å²) >= 11 is 4.88. The van der Waals surface area contributed by atoms with Gasteiger partial charge in [-0.25, -0.2) is 18.1 Å². The van der Waals surface area contributed by atoms with Gasteiger partial charge in [-0.1, -0.05) is 19.3 Å². The Bertz CT molecular complexity index is 575. The van der Waals surface area contributed by atoms with Gasteiger partial charge in [0.15, 0.2) is 0 Å². The smallest absolute Gasteiger partial charge is 0.242 e. The number of rotatable bonds is 6. The second-order valence-electron chi connectivity index (χ2n) is 5.05. The van der Waals surface area contributed by atoms with E-state index < -0.39 is 10.0 Å². The number of hydrogen-bond donors (Lipinski definition) is 2. The molecule has 3 N–H and O–H groups in total. The fourth-order valence-corrected chi connectivity index (χ4v) is 5.08. The van der Waals surface area contributed by atoms with Crippen molar-refractivity contribution in [2.24, 2.45) is 5.73 Å². The summed E-state index contributed by atoms with van der Waals surface area (Å²) in [4.78, 5) is 4.42. The van der Waals surface area contributed by atoms with E-state index in [0.717, 1.165) is 36.5 Å². The molecule has 8 heteroatoms. The minimum Gasteiger partial charge on any atom is -0.330 e. The van der Waals surface area contributed by atoms with Crippen LogP contribution in [0.4, 0.5) is 0 Å². The molecule has 1 fully saturated rings. The Morgan fingerprint density at radius 1 is 1.38 bits per heavy atom. The summed E-state index contributed by atoms with van der Waals surface area (Å²) in [6, 6.07) is 1.66. The van der Waals surface area contributed by atoms with Gasteiger partial charge < -0.3 is 5.73 Å². The van der Waals surface area contributed by atoms with Crippen molar-refractivity contribution in [3.8, 4) is 0 Å². The summed E-state index contributed by atoms with van der Waals surface area (Å²) < 4.78 is 28.2. The number of nitrogens with one attached hydrogen (secondary N) is 1. The van der Waals surface area contributed by atoms with Crippen molar-refractivity contribution in [3.63, 3.8) is 0 Å². The van der Waals surface area contributed by atoms with Gasteiger partial charge in [0.05, 0.1) is 4.47 Å². The quantitative estimate of drug-likeness (QED) is 0.725. The highest BCUT2D eigenvalue weighted by Crippen LogP contribution is 2.27. The van der Waals surface area contributed by atoms with E-state index in [0.29, 0.717) is 11.0 Å². The zero-order chi connectivity index (χ0) is 15.3. The summed E-state index contributed by atoms with van der Waals surface area (Å²) in [5.41, 5.74) is 5.46. The Kier molecular flexibility index (Phi) is 6.49. The van der Waals surface area contributed by atoms with Crippen molar-refractivity contribution in [2.45, 2.75) is 48.1 Å². The molecule has 1 heterocycles. The lowest BCUT2D eigenvalue weighted by Crippen LogP contribution is -2.36. The van der Waals surface area contributed by atoms with Crippen LogP contribution < -0.4 is 10.5 Å². The van der Waals surface area contributed by atoms with E-state index in [1.807, 2.05) is 0 Å². The standard InChI is InChI=1S/C13H20BrN3O2S2/c14-12-8-11(9-16-13(12)20-7-6-15)21(18,19)17-10-4-2-1-3-5-10/h8-10,17H,1-7,15H2. The first-order valence-electron chi connectivity index (χ1n) is 7.03. The number of aromatic nitrogens is 1. The minimum absolute atomic E-state index is 0.0498. The molecule has 1 saturated carbocycles. The van der Waals surface area contributed by atoms with Gasteiger partial charge >= 0.3 is 0 Å². The summed E-state index contributed by atoms with van der Waals surface area (Å²) in [5.74, 6) is 0.748. The molecule has 1 aliphatic rings. The number of sulfonamides is 1. The molecule has 0 saturated heterocycles. The fourth-order valence-electron chi connectivity index (χ4n) is 2.32. The average molecular weight is 394 g/mol. The first-order valence-corrected chi connectivity index (χ1v) is 10.3. The topological polar surface area (TPSA) is 85.1 Å². The number of hydrogen-bond acceptors (Lipinski definition) is 5. The lowest BCUT2D eigenvalue weighted by atomic mass is 9.96. The van der Waals surface area contributed by atoms with Crippen LogP contribution in [0.1, 0.15) is 32.1 Å². The number of halogens is 1. The first-order chi connectivity index (χ1) is 10.0. The monoisotopic (exact) mass is 393 g/mol. The Morgan fingerprint density at radius 2 is 2.10 bits per heavy atom. The predicted molar refractivity (Wildman–Crippen MR) is 88.9 cm³/mol. The molecule has 0 bridgehead atoms. The fraction of sp³-hybridized carbons (Fsp3) is 0.615. The van der Waals surface area contributed by atoms with Crippen LogP contribution in [0, 0.1) is 0 Å². The zero-order valence-corrected chi connectivity index (χ0v) is 14.9. The Hall–Kier alpha value is -0.150. The molecule has 1 aliphatic carbocycles. The molecular formula is C13H20BrN3O2S2. The summed E-state index contributed by atoms with van der Waals surface area (Å²) in [5, 5.41) is 0.761. The van der Waals surface area contributed by atoms with Crippen molar-refractivity contribution in [2.75, 3.05) is 12.3 Å². The van der Waals surface area contributed by atoms with Gasteiger partial charge in [-0.15, -0.1) is 11.8 Å². The van der Waals surface area contributed by atoms with E-state index in [2.05, 4.69) is 25.6 Å².